The fraction of sp³-hybridized carbons (Fsp3) is 0.917. The van der Waals surface area contributed by atoms with Gasteiger partial charge in [0.15, 0.2) is 0 Å². The number of aliphatic hydroxyl groups is 1. The smallest absolute Gasteiger partial charge is 0.262 e. The van der Waals surface area contributed by atoms with Crippen LogP contribution < -0.4 is 0 Å². The summed E-state index contributed by atoms with van der Waals surface area (Å²) in [6.45, 7) is 2.18. The minimum Gasteiger partial charge on any atom is -0.716 e. The Morgan fingerprint density at radius 3 is 1.72 bits per heavy atom. The molecule has 0 saturated carbocycles. The lowest BCUT2D eigenvalue weighted by atomic mass is 9.99. The Morgan fingerprint density at radius 2 is 1.22 bits per heavy atom. The lowest BCUT2D eigenvalue weighted by Crippen LogP contribution is -2.43. The second kappa shape index (κ2) is 21.9. The van der Waals surface area contributed by atoms with E-state index in [0.29, 0.717) is 12.8 Å². The van der Waals surface area contributed by atoms with Crippen LogP contribution in [0.1, 0.15) is 103 Å². The molecular weight excluding hydrogens is 613 g/mol. The predicted molar refractivity (Wildman–Crippen MR) is 154 cm³/mol. The summed E-state index contributed by atoms with van der Waals surface area (Å²) in [4.78, 5) is 0. The van der Waals surface area contributed by atoms with E-state index in [-0.39, 0.29) is 10.4 Å². The number of unbranched alkanes of at least 4 members (excludes halogenated alkanes) is 10. The van der Waals surface area contributed by atoms with Gasteiger partial charge >= 0.3 is 0 Å². The van der Waals surface area contributed by atoms with Crippen LogP contribution in [0.4, 0.5) is 0 Å². The van der Waals surface area contributed by atoms with Gasteiger partial charge in [0.2, 0.25) is 0 Å². The summed E-state index contributed by atoms with van der Waals surface area (Å²) in [6, 6.07) is 0. The number of hydrogen-bond donors (Lipinski definition) is 1. The number of rotatable bonds is 23. The highest BCUT2D eigenvalue weighted by atomic mass is 35.5. The molecule has 0 rings (SSSR count). The molecule has 0 heterocycles. The highest BCUT2D eigenvalue weighted by molar-refractivity contribution is 7.80. The van der Waals surface area contributed by atoms with Crippen LogP contribution in [0.3, 0.4) is 0 Å². The Kier molecular flexibility index (Phi) is 22.6. The summed E-state index contributed by atoms with van der Waals surface area (Å²) in [5, 5.41) is 7.85. The monoisotopic (exact) mass is 651 g/mol. The molecule has 0 aliphatic carbocycles. The third-order valence-corrected chi connectivity index (χ3v) is 9.56. The van der Waals surface area contributed by atoms with Crippen LogP contribution in [0.5, 0.6) is 0 Å². The first kappa shape index (κ1) is 37.1. The van der Waals surface area contributed by atoms with Gasteiger partial charge in [-0.2, -0.15) is 0 Å². The van der Waals surface area contributed by atoms with Crippen LogP contribution in [0, 0.1) is 0 Å². The van der Waals surface area contributed by atoms with Gasteiger partial charge in [0.25, 0.3) is 10.4 Å². The van der Waals surface area contributed by atoms with Crippen molar-refractivity contribution in [3.05, 3.63) is 11.3 Å². The first-order chi connectivity index (χ1) is 16.9. The summed E-state index contributed by atoms with van der Waals surface area (Å²) < 4.78 is 35.1. The number of alkyl halides is 5. The Hall–Kier alpha value is 1.15. The summed E-state index contributed by atoms with van der Waals surface area (Å²) in [7, 11) is -4.77. The van der Waals surface area contributed by atoms with Crippen molar-refractivity contribution in [1.82, 2.24) is 0 Å². The zero-order valence-electron chi connectivity index (χ0n) is 20.9. The van der Waals surface area contributed by atoms with Gasteiger partial charge in [-0.1, -0.05) is 89.2 Å². The van der Waals surface area contributed by atoms with Crippen molar-refractivity contribution < 1.29 is 22.3 Å². The van der Waals surface area contributed by atoms with E-state index >= 15 is 0 Å². The van der Waals surface area contributed by atoms with Crippen molar-refractivity contribution in [1.29, 1.82) is 0 Å². The number of aliphatic hydroxyl groups excluding tert-OH is 1. The van der Waals surface area contributed by atoms with Crippen LogP contribution in [-0.2, 0) is 14.6 Å². The van der Waals surface area contributed by atoms with Crippen molar-refractivity contribution >= 4 is 80.0 Å². The van der Waals surface area contributed by atoms with Crippen LogP contribution in [-0.4, -0.2) is 51.1 Å². The molecule has 0 spiro atoms. The highest BCUT2D eigenvalue weighted by Crippen LogP contribution is 2.30. The molecule has 216 valence electrons. The van der Waals surface area contributed by atoms with Crippen molar-refractivity contribution in [2.24, 2.45) is 0 Å². The second-order valence-electron chi connectivity index (χ2n) is 9.14. The van der Waals surface area contributed by atoms with Gasteiger partial charge < -0.3 is 13.8 Å². The molecule has 6 atom stereocenters. The van der Waals surface area contributed by atoms with Crippen LogP contribution >= 0.6 is 69.6 Å². The van der Waals surface area contributed by atoms with E-state index in [4.69, 9.17) is 69.6 Å². The van der Waals surface area contributed by atoms with Crippen molar-refractivity contribution in [2.45, 2.75) is 136 Å². The maximum absolute atomic E-state index is 10.6. The van der Waals surface area contributed by atoms with Gasteiger partial charge in [-0.15, -0.1) is 58.0 Å². The molecule has 0 aliphatic heterocycles. The lowest BCUT2D eigenvalue weighted by Gasteiger charge is -2.29. The number of allylic oxidation sites excluding steroid dienone is 1. The molecule has 0 bridgehead atoms. The van der Waals surface area contributed by atoms with Gasteiger partial charge in [0.1, 0.15) is 6.26 Å². The Labute approximate surface area is 248 Å². The van der Waals surface area contributed by atoms with E-state index in [1.165, 1.54) is 25.7 Å². The molecule has 0 fully saturated rings. The molecule has 0 aliphatic rings. The van der Waals surface area contributed by atoms with Gasteiger partial charge in [0, 0.05) is 0 Å². The maximum atomic E-state index is 10.6. The van der Waals surface area contributed by atoms with E-state index in [0.717, 1.165) is 64.0 Å². The maximum Gasteiger partial charge on any atom is 0.262 e. The minimum absolute atomic E-state index is 0.187. The minimum atomic E-state index is -4.77. The number of halogens is 6. The second-order valence-corrected chi connectivity index (χ2v) is 13.3. The Balaban J connectivity index is 4.07. The molecule has 0 unspecified atom stereocenters. The van der Waals surface area contributed by atoms with Gasteiger partial charge in [-0.3, -0.25) is 0 Å². The molecule has 0 radical (unpaired) electrons. The number of hydrogen-bond acceptors (Lipinski definition) is 5. The Morgan fingerprint density at radius 1 is 0.778 bits per heavy atom. The standard InChI is InChI=1S/C24H42Cl6O5S/c1-2-3-4-5-9-13-16-20(27)22(29)24(31)23(30)21(28)19(26)15-12-10-7-6-8-11-14-18(25)17-35-36(32,33)34/h17,19-24,31H,2-16H2,1H3,(H,32,33,34)/p-1/b18-17+/t19-,20+,21+,22-,23-,24-/m1/s1. The summed E-state index contributed by atoms with van der Waals surface area (Å²) in [5.74, 6) is 0. The van der Waals surface area contributed by atoms with E-state index in [2.05, 4.69) is 11.1 Å². The van der Waals surface area contributed by atoms with Gasteiger partial charge in [-0.05, 0) is 25.7 Å². The molecule has 0 aromatic carbocycles. The third kappa shape index (κ3) is 19.2. The zero-order valence-corrected chi connectivity index (χ0v) is 26.3. The lowest BCUT2D eigenvalue weighted by molar-refractivity contribution is 0.157. The average molecular weight is 654 g/mol. The third-order valence-electron chi connectivity index (χ3n) is 5.92. The first-order valence-electron chi connectivity index (χ1n) is 12.8. The average Bonchev–Trinajstić information content (AvgIpc) is 2.83. The van der Waals surface area contributed by atoms with E-state index in [9.17, 15) is 18.1 Å². The normalized spacial score (nSPS) is 17.9. The van der Waals surface area contributed by atoms with Gasteiger partial charge in [0.05, 0.1) is 38.0 Å². The largest absolute Gasteiger partial charge is 0.716 e. The summed E-state index contributed by atoms with van der Waals surface area (Å²) in [5.41, 5.74) is 0. The molecule has 12 heteroatoms. The highest BCUT2D eigenvalue weighted by Gasteiger charge is 2.36. The molecule has 0 aromatic rings. The first-order valence-corrected chi connectivity index (χ1v) is 16.7. The van der Waals surface area contributed by atoms with Gasteiger partial charge in [-0.25, -0.2) is 8.42 Å². The Bertz CT molecular complexity index is 682. The molecule has 36 heavy (non-hydrogen) atoms. The summed E-state index contributed by atoms with van der Waals surface area (Å²) in [6.07, 6.45) is 13.9. The van der Waals surface area contributed by atoms with Crippen LogP contribution in [0.25, 0.3) is 0 Å². The van der Waals surface area contributed by atoms with E-state index in [1.807, 2.05) is 0 Å². The molecule has 0 saturated heterocycles. The molecule has 5 nitrogen and oxygen atoms in total. The van der Waals surface area contributed by atoms with Crippen molar-refractivity contribution in [2.75, 3.05) is 0 Å². The summed E-state index contributed by atoms with van der Waals surface area (Å²) >= 11 is 38.0. The van der Waals surface area contributed by atoms with Crippen molar-refractivity contribution in [3.63, 3.8) is 0 Å². The fourth-order valence-corrected chi connectivity index (χ4v) is 5.84. The van der Waals surface area contributed by atoms with Crippen LogP contribution in [0.2, 0.25) is 0 Å². The topological polar surface area (TPSA) is 86.7 Å². The van der Waals surface area contributed by atoms with Crippen LogP contribution in [0.15, 0.2) is 11.3 Å². The molecule has 0 aromatic heterocycles. The molecular formula is C24H41Cl6O5S-. The zero-order chi connectivity index (χ0) is 27.6. The van der Waals surface area contributed by atoms with Crippen molar-refractivity contribution in [3.8, 4) is 0 Å². The van der Waals surface area contributed by atoms with E-state index in [1.54, 1.807) is 0 Å². The SMILES string of the molecule is CCCCCCCC[C@H](Cl)[C@@H](Cl)[C@@H](O)[C@H](Cl)[C@@H](Cl)[C@H](Cl)CCCCCCCC/C(Cl)=C\OS(=O)(=O)[O-]. The fourth-order valence-electron chi connectivity index (χ4n) is 3.73. The molecule has 1 N–H and O–H groups in total. The predicted octanol–water partition coefficient (Wildman–Crippen LogP) is 8.81. The quantitative estimate of drug-likeness (QED) is 0.0391. The van der Waals surface area contributed by atoms with E-state index < -0.39 is 38.0 Å². The molecule has 0 amide bonds.